The molecule has 55 heavy (non-hydrogen) atoms. The lowest BCUT2D eigenvalue weighted by atomic mass is 9.90. The molecule has 13 heteroatoms. The van der Waals surface area contributed by atoms with Gasteiger partial charge in [0.2, 0.25) is 11.8 Å². The topological polar surface area (TPSA) is 152 Å². The van der Waals surface area contributed by atoms with Crippen molar-refractivity contribution < 1.29 is 28.7 Å². The van der Waals surface area contributed by atoms with Gasteiger partial charge in [0.25, 0.3) is 17.7 Å². The van der Waals surface area contributed by atoms with Crippen molar-refractivity contribution in [3.8, 4) is 11.8 Å². The van der Waals surface area contributed by atoms with E-state index in [1.807, 2.05) is 55.6 Å². The van der Waals surface area contributed by atoms with Gasteiger partial charge in [0.15, 0.2) is 0 Å². The third-order valence-corrected chi connectivity index (χ3v) is 12.5. The van der Waals surface area contributed by atoms with Crippen LogP contribution in [0.1, 0.15) is 112 Å². The van der Waals surface area contributed by atoms with Gasteiger partial charge in [-0.3, -0.25) is 39.1 Å². The highest BCUT2D eigenvalue weighted by atomic mass is 35.5. The molecule has 0 unspecified atom stereocenters. The summed E-state index contributed by atoms with van der Waals surface area (Å²) in [5, 5.41) is 15.1. The molecule has 0 spiro atoms. The highest BCUT2D eigenvalue weighted by Crippen LogP contribution is 2.37. The molecule has 2 saturated carbocycles. The number of fused-ring (bicyclic) bond motifs is 2. The first-order valence-corrected chi connectivity index (χ1v) is 19.6. The van der Waals surface area contributed by atoms with Crippen LogP contribution in [-0.2, 0) is 22.7 Å². The van der Waals surface area contributed by atoms with E-state index < -0.39 is 29.7 Å². The van der Waals surface area contributed by atoms with Gasteiger partial charge in [-0.05, 0) is 124 Å². The van der Waals surface area contributed by atoms with Crippen LogP contribution in [0.4, 0.5) is 5.69 Å². The predicted molar refractivity (Wildman–Crippen MR) is 204 cm³/mol. The normalized spacial score (nSPS) is 25.2. The summed E-state index contributed by atoms with van der Waals surface area (Å²) in [5.41, 5.74) is 4.76. The second-order valence-corrected chi connectivity index (χ2v) is 15.9. The molecule has 5 aliphatic rings. The Kier molecular flexibility index (Phi) is 10.1. The Morgan fingerprint density at radius 3 is 2.13 bits per heavy atom. The second-order valence-electron chi connectivity index (χ2n) is 15.5. The molecule has 1 atom stereocenters. The first kappa shape index (κ1) is 36.7. The fourth-order valence-corrected chi connectivity index (χ4v) is 9.18. The molecule has 3 aliphatic heterocycles. The highest BCUT2D eigenvalue weighted by Gasteiger charge is 2.45. The van der Waals surface area contributed by atoms with Gasteiger partial charge in [-0.25, -0.2) is 0 Å². The summed E-state index contributed by atoms with van der Waals surface area (Å²) in [7, 11) is 2.05. The number of benzene rings is 3. The van der Waals surface area contributed by atoms with Crippen LogP contribution >= 0.6 is 11.6 Å². The van der Waals surface area contributed by atoms with Crippen LogP contribution < -0.4 is 20.3 Å². The van der Waals surface area contributed by atoms with Crippen molar-refractivity contribution in [1.82, 2.24) is 20.4 Å². The molecule has 2 aliphatic carbocycles. The summed E-state index contributed by atoms with van der Waals surface area (Å²) < 4.78 is 6.35. The van der Waals surface area contributed by atoms with Crippen molar-refractivity contribution in [1.29, 1.82) is 5.26 Å². The van der Waals surface area contributed by atoms with Gasteiger partial charge < -0.3 is 15.0 Å². The lowest BCUT2D eigenvalue weighted by molar-refractivity contribution is -0.136. The van der Waals surface area contributed by atoms with Crippen LogP contribution in [0.3, 0.4) is 0 Å². The minimum atomic E-state index is -0.968. The number of anilines is 1. The highest BCUT2D eigenvalue weighted by molar-refractivity contribution is 6.32. The molecule has 0 radical (unpaired) electrons. The summed E-state index contributed by atoms with van der Waals surface area (Å²) in [6, 6.07) is 18.5. The number of hydrogen-bond acceptors (Lipinski definition) is 9. The third kappa shape index (κ3) is 7.31. The number of nitrogens with one attached hydrogen (secondary N) is 2. The van der Waals surface area contributed by atoms with Crippen LogP contribution in [0.25, 0.3) is 0 Å². The summed E-state index contributed by atoms with van der Waals surface area (Å²) in [6.45, 7) is 1.38. The zero-order valence-corrected chi connectivity index (χ0v) is 31.4. The number of imide groups is 2. The van der Waals surface area contributed by atoms with Gasteiger partial charge in [-0.2, -0.15) is 5.26 Å². The van der Waals surface area contributed by atoms with Gasteiger partial charge >= 0.3 is 0 Å². The lowest BCUT2D eigenvalue weighted by Gasteiger charge is -2.36. The van der Waals surface area contributed by atoms with Gasteiger partial charge in [-0.1, -0.05) is 11.6 Å². The Labute approximate surface area is 324 Å². The van der Waals surface area contributed by atoms with Gasteiger partial charge in [0, 0.05) is 55.9 Å². The fourth-order valence-electron chi connectivity index (χ4n) is 8.96. The van der Waals surface area contributed by atoms with Crippen molar-refractivity contribution in [3.63, 3.8) is 0 Å². The molecule has 3 fully saturated rings. The van der Waals surface area contributed by atoms with Crippen LogP contribution in [0.5, 0.6) is 5.75 Å². The maximum atomic E-state index is 13.3. The van der Waals surface area contributed by atoms with Crippen LogP contribution in [0.15, 0.2) is 54.6 Å². The summed E-state index contributed by atoms with van der Waals surface area (Å²) in [6.07, 6.45) is 7.65. The van der Waals surface area contributed by atoms with E-state index in [0.29, 0.717) is 52.4 Å². The third-order valence-electron chi connectivity index (χ3n) is 12.1. The number of ether oxygens (including phenoxy) is 1. The number of rotatable bonds is 8. The Bertz CT molecular complexity index is 2050. The summed E-state index contributed by atoms with van der Waals surface area (Å²) in [5.74, 6) is -1.28. The standard InChI is InChI=1S/C42H43ClN6O6/c1-47(31-7-2-25(21-44)36(43)20-31)29-8-5-28(6-9-29)45-39(51)24-3-12-32(13-4-24)55-33-14-10-30(11-15-33)48-22-26-18-34-35(19-27(26)23-48)42(54)49(41(34)53)37-16-17-38(50)46-40(37)52/h2-4,7,12-13,18-20,28-30,33,37H,5-6,8-11,14-17,22-23H2,1H3,(H,45,51)(H,46,50,52)/t28?,29?,30-,33-,37-/m0/s1. The zero-order chi connectivity index (χ0) is 38.4. The number of nitrogens with zero attached hydrogens (tertiary/aromatic N) is 4. The minimum absolute atomic E-state index is 0.0758. The van der Waals surface area contributed by atoms with E-state index in [0.717, 1.165) is 78.8 Å². The number of hydrogen-bond donors (Lipinski definition) is 2. The van der Waals surface area contributed by atoms with E-state index in [1.54, 1.807) is 6.07 Å². The van der Waals surface area contributed by atoms with Crippen molar-refractivity contribution in [2.75, 3.05) is 11.9 Å². The maximum absolute atomic E-state index is 13.3. The van der Waals surface area contributed by atoms with E-state index in [9.17, 15) is 29.2 Å². The first-order valence-electron chi connectivity index (χ1n) is 19.2. The molecule has 0 bridgehead atoms. The van der Waals surface area contributed by atoms with E-state index in [4.69, 9.17) is 16.3 Å². The zero-order valence-electron chi connectivity index (χ0n) is 30.7. The largest absolute Gasteiger partial charge is 0.490 e. The van der Waals surface area contributed by atoms with Gasteiger partial charge in [0.1, 0.15) is 17.9 Å². The van der Waals surface area contributed by atoms with Crippen LogP contribution in [0.2, 0.25) is 5.02 Å². The second kappa shape index (κ2) is 15.1. The average Bonchev–Trinajstić information content (AvgIpc) is 3.71. The number of amides is 5. The molecule has 1 saturated heterocycles. The molecule has 2 N–H and O–H groups in total. The van der Waals surface area contributed by atoms with Crippen molar-refractivity contribution in [2.24, 2.45) is 0 Å². The van der Waals surface area contributed by atoms with E-state index in [2.05, 4.69) is 26.5 Å². The Morgan fingerprint density at radius 2 is 1.53 bits per heavy atom. The SMILES string of the molecule is CN(c1ccc(C#N)c(Cl)c1)C1CCC(NC(=O)c2ccc(O[C@H]3CC[C@H](N4Cc5cc6c(cc5C4)C(=O)N([C@H]4CCC(=O)NC4=O)C6=O)CC3)cc2)CC1. The molecule has 3 heterocycles. The minimum Gasteiger partial charge on any atom is -0.490 e. The maximum Gasteiger partial charge on any atom is 0.262 e. The molecular formula is C42H43ClN6O6. The summed E-state index contributed by atoms with van der Waals surface area (Å²) in [4.78, 5) is 69.4. The van der Waals surface area contributed by atoms with E-state index >= 15 is 0 Å². The Balaban J connectivity index is 0.784. The smallest absolute Gasteiger partial charge is 0.262 e. The van der Waals surface area contributed by atoms with Crippen molar-refractivity contribution in [3.05, 3.63) is 93.0 Å². The molecule has 8 rings (SSSR count). The van der Waals surface area contributed by atoms with E-state index in [1.165, 1.54) is 0 Å². The summed E-state index contributed by atoms with van der Waals surface area (Å²) >= 11 is 6.26. The molecule has 0 aromatic heterocycles. The van der Waals surface area contributed by atoms with Crippen molar-refractivity contribution in [2.45, 2.75) is 108 Å². The van der Waals surface area contributed by atoms with Gasteiger partial charge in [0.05, 0.1) is 27.8 Å². The average molecular weight is 763 g/mol. The molecule has 3 aromatic rings. The quantitative estimate of drug-likeness (QED) is 0.284. The molecule has 3 aromatic carbocycles. The lowest BCUT2D eigenvalue weighted by Crippen LogP contribution is -2.54. The number of piperidine rings is 1. The fraction of sp³-hybridized carbons (Fsp3) is 0.429. The van der Waals surface area contributed by atoms with Crippen LogP contribution in [0, 0.1) is 11.3 Å². The monoisotopic (exact) mass is 762 g/mol. The Hall–Kier alpha value is -5.25. The van der Waals surface area contributed by atoms with Gasteiger partial charge in [-0.15, -0.1) is 0 Å². The molecule has 284 valence electrons. The van der Waals surface area contributed by atoms with Crippen LogP contribution in [-0.4, -0.2) is 76.7 Å². The number of halogens is 1. The number of nitriles is 1. The van der Waals surface area contributed by atoms with E-state index in [-0.39, 0.29) is 30.9 Å². The molecule has 12 nitrogen and oxygen atoms in total. The molecular weight excluding hydrogens is 720 g/mol. The number of carbonyl (C=O) groups excluding carboxylic acids is 5. The Morgan fingerprint density at radius 1 is 0.873 bits per heavy atom. The first-order chi connectivity index (χ1) is 26.6. The molecule has 5 amide bonds. The van der Waals surface area contributed by atoms with Crippen molar-refractivity contribution >= 4 is 46.8 Å². The predicted octanol–water partition coefficient (Wildman–Crippen LogP) is 5.50. The number of carbonyl (C=O) groups is 5.